The molecule has 1 aromatic carbocycles. The van der Waals surface area contributed by atoms with Gasteiger partial charge >= 0.3 is 12.0 Å². The first-order valence-corrected chi connectivity index (χ1v) is 9.76. The number of carbonyl (C=O) groups excluding carboxylic acids is 2. The van der Waals surface area contributed by atoms with Crippen molar-refractivity contribution in [3.05, 3.63) is 53.2 Å². The molecule has 2 amide bonds. The van der Waals surface area contributed by atoms with E-state index in [9.17, 15) is 9.59 Å². The maximum atomic E-state index is 12.1. The van der Waals surface area contributed by atoms with Crippen molar-refractivity contribution >= 4 is 18.1 Å². The van der Waals surface area contributed by atoms with Crippen molar-refractivity contribution in [1.29, 1.82) is 0 Å². The van der Waals surface area contributed by atoms with Crippen molar-refractivity contribution in [2.24, 2.45) is 0 Å². The summed E-state index contributed by atoms with van der Waals surface area (Å²) < 4.78 is 5.11. The summed E-state index contributed by atoms with van der Waals surface area (Å²) in [6, 6.07) is 10.0. The van der Waals surface area contributed by atoms with E-state index in [2.05, 4.69) is 44.7 Å². The maximum absolute atomic E-state index is 12.1. The van der Waals surface area contributed by atoms with Crippen molar-refractivity contribution in [2.45, 2.75) is 6.92 Å². The highest BCUT2D eigenvalue weighted by Gasteiger charge is 2.26. The molecule has 0 atom stereocenters. The molecule has 0 saturated carbocycles. The van der Waals surface area contributed by atoms with Crippen LogP contribution in [0.3, 0.4) is 0 Å². The molecule has 1 saturated heterocycles. The van der Waals surface area contributed by atoms with E-state index in [1.807, 2.05) is 18.2 Å². The molecule has 28 heavy (non-hydrogen) atoms. The van der Waals surface area contributed by atoms with Crippen LogP contribution in [-0.2, 0) is 9.53 Å². The van der Waals surface area contributed by atoms with Crippen LogP contribution < -0.4 is 10.6 Å². The summed E-state index contributed by atoms with van der Waals surface area (Å²) in [5.41, 5.74) is 2.37. The Labute approximate surface area is 166 Å². The average Bonchev–Trinajstić information content (AvgIpc) is 2.70. The topological polar surface area (TPSA) is 73.9 Å². The fourth-order valence-corrected chi connectivity index (χ4v) is 3.34. The predicted octanol–water partition coefficient (Wildman–Crippen LogP) is 1.45. The molecular formula is C21H28N4O3. The van der Waals surface area contributed by atoms with Crippen molar-refractivity contribution < 1.29 is 14.3 Å². The molecule has 0 aromatic heterocycles. The molecule has 2 heterocycles. The highest BCUT2D eigenvalue weighted by Crippen LogP contribution is 2.12. The number of benzene rings is 1. The molecule has 7 heteroatoms. The van der Waals surface area contributed by atoms with Gasteiger partial charge in [0.25, 0.3) is 0 Å². The Kier molecular flexibility index (Phi) is 7.22. The second-order valence-electron chi connectivity index (χ2n) is 6.88. The largest absolute Gasteiger partial charge is 0.463 e. The number of ether oxygens (including phenoxy) is 1. The fraction of sp³-hybridized carbons (Fsp3) is 0.429. The van der Waals surface area contributed by atoms with Gasteiger partial charge in [-0.25, -0.2) is 9.59 Å². The molecule has 0 unspecified atom stereocenters. The molecule has 1 aromatic rings. The molecule has 7 nitrogen and oxygen atoms in total. The number of nitrogens with one attached hydrogen (secondary N) is 2. The maximum Gasteiger partial charge on any atom is 0.337 e. The quantitative estimate of drug-likeness (QED) is 0.696. The van der Waals surface area contributed by atoms with E-state index in [1.54, 1.807) is 6.92 Å². The molecular weight excluding hydrogens is 356 g/mol. The molecule has 0 aliphatic carbocycles. The first-order chi connectivity index (χ1) is 13.7. The average molecular weight is 384 g/mol. The second-order valence-corrected chi connectivity index (χ2v) is 6.88. The Balaban J connectivity index is 1.50. The molecule has 2 aliphatic rings. The van der Waals surface area contributed by atoms with E-state index in [0.29, 0.717) is 24.4 Å². The fourth-order valence-electron chi connectivity index (χ4n) is 3.34. The van der Waals surface area contributed by atoms with Gasteiger partial charge in [-0.3, -0.25) is 9.80 Å². The number of hydrogen-bond donors (Lipinski definition) is 2. The van der Waals surface area contributed by atoms with E-state index in [-0.39, 0.29) is 18.5 Å². The molecule has 3 rings (SSSR count). The lowest BCUT2D eigenvalue weighted by Gasteiger charge is -2.35. The van der Waals surface area contributed by atoms with Crippen LogP contribution >= 0.6 is 0 Å². The number of amides is 2. The van der Waals surface area contributed by atoms with Crippen LogP contribution in [0, 0.1) is 0 Å². The highest BCUT2D eigenvalue weighted by molar-refractivity contribution is 5.93. The van der Waals surface area contributed by atoms with Crippen molar-refractivity contribution in [2.75, 3.05) is 52.4 Å². The Hall–Kier alpha value is -2.64. The first-order valence-electron chi connectivity index (χ1n) is 9.76. The summed E-state index contributed by atoms with van der Waals surface area (Å²) in [4.78, 5) is 28.5. The molecule has 0 spiro atoms. The molecule has 0 radical (unpaired) electrons. The Morgan fingerprint density at radius 2 is 1.86 bits per heavy atom. The zero-order chi connectivity index (χ0) is 19.8. The summed E-state index contributed by atoms with van der Waals surface area (Å²) >= 11 is 0. The van der Waals surface area contributed by atoms with Gasteiger partial charge in [0.2, 0.25) is 0 Å². The van der Waals surface area contributed by atoms with Crippen LogP contribution in [0.25, 0.3) is 6.08 Å². The van der Waals surface area contributed by atoms with Gasteiger partial charge in [-0.05, 0) is 12.5 Å². The Morgan fingerprint density at radius 3 is 2.57 bits per heavy atom. The lowest BCUT2D eigenvalue weighted by atomic mass is 10.1. The summed E-state index contributed by atoms with van der Waals surface area (Å²) in [6.07, 6.45) is 4.34. The van der Waals surface area contributed by atoms with Crippen LogP contribution in [0.5, 0.6) is 0 Å². The highest BCUT2D eigenvalue weighted by atomic mass is 16.5. The molecule has 0 bridgehead atoms. The van der Waals surface area contributed by atoms with E-state index in [0.717, 1.165) is 32.7 Å². The van der Waals surface area contributed by atoms with E-state index >= 15 is 0 Å². The van der Waals surface area contributed by atoms with Gasteiger partial charge in [0.1, 0.15) is 0 Å². The minimum Gasteiger partial charge on any atom is -0.463 e. The van der Waals surface area contributed by atoms with Gasteiger partial charge in [-0.15, -0.1) is 0 Å². The van der Waals surface area contributed by atoms with E-state index in [4.69, 9.17) is 4.74 Å². The monoisotopic (exact) mass is 384 g/mol. The van der Waals surface area contributed by atoms with Crippen molar-refractivity contribution in [3.63, 3.8) is 0 Å². The number of hydrogen-bond acceptors (Lipinski definition) is 5. The van der Waals surface area contributed by atoms with Gasteiger partial charge in [-0.1, -0.05) is 42.5 Å². The van der Waals surface area contributed by atoms with Gasteiger partial charge < -0.3 is 15.4 Å². The number of piperazine rings is 1. The normalized spacial score (nSPS) is 18.8. The van der Waals surface area contributed by atoms with Crippen LogP contribution in [-0.4, -0.2) is 74.2 Å². The summed E-state index contributed by atoms with van der Waals surface area (Å²) in [7, 11) is 0. The smallest absolute Gasteiger partial charge is 0.337 e. The zero-order valence-corrected chi connectivity index (χ0v) is 16.3. The third kappa shape index (κ3) is 5.68. The Bertz CT molecular complexity index is 737. The number of rotatable bonds is 7. The van der Waals surface area contributed by atoms with Gasteiger partial charge in [0.15, 0.2) is 0 Å². The number of urea groups is 1. The minimum atomic E-state index is -0.366. The van der Waals surface area contributed by atoms with Gasteiger partial charge in [-0.2, -0.15) is 0 Å². The molecule has 2 N–H and O–H groups in total. The van der Waals surface area contributed by atoms with Gasteiger partial charge in [0.05, 0.1) is 18.7 Å². The summed E-state index contributed by atoms with van der Waals surface area (Å²) in [5, 5.41) is 5.42. The summed E-state index contributed by atoms with van der Waals surface area (Å²) in [5.74, 6) is -0.366. The summed E-state index contributed by atoms with van der Waals surface area (Å²) in [6.45, 7) is 7.46. The minimum absolute atomic E-state index is 0.213. The van der Waals surface area contributed by atoms with E-state index < -0.39 is 0 Å². The first kappa shape index (κ1) is 20.1. The zero-order valence-electron chi connectivity index (χ0n) is 16.3. The van der Waals surface area contributed by atoms with E-state index in [1.165, 1.54) is 5.56 Å². The van der Waals surface area contributed by atoms with Gasteiger partial charge in [0, 0.05) is 45.0 Å². The number of nitrogens with zero attached hydrogens (tertiary/aromatic N) is 2. The van der Waals surface area contributed by atoms with Crippen LogP contribution in [0.1, 0.15) is 12.5 Å². The number of carbonyl (C=O) groups is 2. The lowest BCUT2D eigenvalue weighted by Crippen LogP contribution is -2.51. The van der Waals surface area contributed by atoms with Crippen LogP contribution in [0.2, 0.25) is 0 Å². The SMILES string of the molecule is CCOC(=O)C1=C(CN2CCN(C/C=C/c3ccccc3)CC2)NC(=O)NC1. The second kappa shape index (κ2) is 10.1. The third-order valence-electron chi connectivity index (χ3n) is 4.90. The number of esters is 1. The molecule has 150 valence electrons. The van der Waals surface area contributed by atoms with Crippen LogP contribution in [0.15, 0.2) is 47.7 Å². The third-order valence-corrected chi connectivity index (χ3v) is 4.90. The lowest BCUT2D eigenvalue weighted by molar-refractivity contribution is -0.138. The predicted molar refractivity (Wildman–Crippen MR) is 109 cm³/mol. The standard InChI is InChI=1S/C21H28N4O3/c1-2-28-20(26)18-15-22-21(27)23-19(18)16-25-13-11-24(12-14-25)10-6-9-17-7-4-3-5-8-17/h3-9H,2,10-16H2,1H3,(H2,22,23,27)/b9-6+. The molecule has 2 aliphatic heterocycles. The Morgan fingerprint density at radius 1 is 1.14 bits per heavy atom. The van der Waals surface area contributed by atoms with Crippen molar-refractivity contribution in [1.82, 2.24) is 20.4 Å². The molecule has 1 fully saturated rings. The van der Waals surface area contributed by atoms with Crippen molar-refractivity contribution in [3.8, 4) is 0 Å². The van der Waals surface area contributed by atoms with Crippen LogP contribution in [0.4, 0.5) is 4.79 Å².